The summed E-state index contributed by atoms with van der Waals surface area (Å²) in [6.45, 7) is 1.72. The Hall–Kier alpha value is -1.19. The minimum atomic E-state index is -2.53. The molecule has 0 fully saturated rings. The first-order valence-electron chi connectivity index (χ1n) is 3.45. The van der Waals surface area contributed by atoms with Crippen molar-refractivity contribution in [2.75, 3.05) is 7.11 Å². The highest BCUT2D eigenvalue weighted by Crippen LogP contribution is 2.26. The molecule has 1 rings (SSSR count). The van der Waals surface area contributed by atoms with Gasteiger partial charge in [0.2, 0.25) is 5.88 Å². The van der Waals surface area contributed by atoms with Crippen molar-refractivity contribution in [3.63, 3.8) is 0 Å². The third-order valence-corrected chi connectivity index (χ3v) is 1.46. The van der Waals surface area contributed by atoms with E-state index in [1.54, 1.807) is 6.92 Å². The van der Waals surface area contributed by atoms with E-state index in [4.69, 9.17) is 4.74 Å². The van der Waals surface area contributed by atoms with Crippen LogP contribution in [0.25, 0.3) is 0 Å². The summed E-state index contributed by atoms with van der Waals surface area (Å²) in [5.74, 6) is 0.00463. The first-order chi connectivity index (χ1) is 5.65. The van der Waals surface area contributed by atoms with Crippen LogP contribution in [-0.2, 0) is 0 Å². The van der Waals surface area contributed by atoms with Crippen molar-refractivity contribution in [3.05, 3.63) is 23.4 Å². The molecule has 0 amide bonds. The number of ether oxygens (including phenoxy) is 1. The second-order valence-corrected chi connectivity index (χ2v) is 2.35. The average molecular weight is 173 g/mol. The van der Waals surface area contributed by atoms with E-state index in [2.05, 4.69) is 4.98 Å². The van der Waals surface area contributed by atoms with Crippen molar-refractivity contribution < 1.29 is 13.5 Å². The van der Waals surface area contributed by atoms with Crippen LogP contribution in [0.3, 0.4) is 0 Å². The van der Waals surface area contributed by atoms with Crippen molar-refractivity contribution in [2.45, 2.75) is 13.3 Å². The number of hydrogen-bond acceptors (Lipinski definition) is 2. The number of nitrogens with zero attached hydrogens (tertiary/aromatic N) is 1. The number of alkyl halides is 2. The first kappa shape index (κ1) is 8.90. The van der Waals surface area contributed by atoms with E-state index < -0.39 is 6.43 Å². The summed E-state index contributed by atoms with van der Waals surface area (Å²) in [5, 5.41) is 0. The lowest BCUT2D eigenvalue weighted by Gasteiger charge is -2.06. The summed E-state index contributed by atoms with van der Waals surface area (Å²) in [5.41, 5.74) is 0.499. The Bertz CT molecular complexity index is 276. The highest BCUT2D eigenvalue weighted by atomic mass is 19.3. The van der Waals surface area contributed by atoms with Crippen molar-refractivity contribution in [1.29, 1.82) is 0 Å². The van der Waals surface area contributed by atoms with E-state index >= 15 is 0 Å². The molecule has 0 unspecified atom stereocenters. The fourth-order valence-corrected chi connectivity index (χ4v) is 0.873. The molecular formula is C8H9F2NO. The van der Waals surface area contributed by atoms with Crippen LogP contribution in [0.4, 0.5) is 8.78 Å². The third kappa shape index (κ3) is 1.69. The maximum atomic E-state index is 12.2. The average Bonchev–Trinajstić information content (AvgIpc) is 2.03. The molecule has 0 aromatic carbocycles. The first-order valence-corrected chi connectivity index (χ1v) is 3.45. The fraction of sp³-hybridized carbons (Fsp3) is 0.375. The molecular weight excluding hydrogens is 164 g/mol. The minimum absolute atomic E-state index is 0.00463. The maximum Gasteiger partial charge on any atom is 0.269 e. The molecule has 0 aliphatic heterocycles. The summed E-state index contributed by atoms with van der Waals surface area (Å²) in [6, 6.07) is 2.86. The molecule has 0 bridgehead atoms. The quantitative estimate of drug-likeness (QED) is 0.684. The molecule has 0 saturated heterocycles. The zero-order valence-electron chi connectivity index (χ0n) is 6.84. The Kier molecular flexibility index (Phi) is 2.58. The largest absolute Gasteiger partial charge is 0.481 e. The SMILES string of the molecule is COc1nc(C)ccc1C(F)F. The molecule has 1 aromatic rings. The topological polar surface area (TPSA) is 22.1 Å². The lowest BCUT2D eigenvalue weighted by molar-refractivity contribution is 0.146. The van der Waals surface area contributed by atoms with Gasteiger partial charge in [-0.05, 0) is 19.1 Å². The molecule has 0 atom stereocenters. The van der Waals surface area contributed by atoms with E-state index in [9.17, 15) is 8.78 Å². The van der Waals surface area contributed by atoms with Crippen LogP contribution in [0.2, 0.25) is 0 Å². The molecule has 66 valence electrons. The van der Waals surface area contributed by atoms with Crippen molar-refractivity contribution in [3.8, 4) is 5.88 Å². The Morgan fingerprint density at radius 2 is 2.08 bits per heavy atom. The summed E-state index contributed by atoms with van der Waals surface area (Å²) in [7, 11) is 1.33. The van der Waals surface area contributed by atoms with Crippen LogP contribution >= 0.6 is 0 Å². The predicted octanol–water partition coefficient (Wildman–Crippen LogP) is 2.34. The molecule has 0 N–H and O–H groups in total. The molecule has 1 heterocycles. The highest BCUT2D eigenvalue weighted by Gasteiger charge is 2.14. The Labute approximate surface area is 69.2 Å². The molecule has 0 aliphatic rings. The van der Waals surface area contributed by atoms with Gasteiger partial charge in [0.25, 0.3) is 6.43 Å². The third-order valence-electron chi connectivity index (χ3n) is 1.46. The van der Waals surface area contributed by atoms with Crippen LogP contribution in [-0.4, -0.2) is 12.1 Å². The van der Waals surface area contributed by atoms with Gasteiger partial charge in [-0.15, -0.1) is 0 Å². The van der Waals surface area contributed by atoms with Gasteiger partial charge in [0.15, 0.2) is 0 Å². The van der Waals surface area contributed by atoms with Gasteiger partial charge in [0.1, 0.15) is 0 Å². The second-order valence-electron chi connectivity index (χ2n) is 2.35. The number of aryl methyl sites for hydroxylation is 1. The standard InChI is InChI=1S/C8H9F2NO/c1-5-3-4-6(7(9)10)8(11-5)12-2/h3-4,7H,1-2H3. The summed E-state index contributed by atoms with van der Waals surface area (Å²) in [4.78, 5) is 3.81. The van der Waals surface area contributed by atoms with Gasteiger partial charge in [-0.3, -0.25) is 0 Å². The molecule has 0 radical (unpaired) electrons. The number of methoxy groups -OCH3 is 1. The Balaban J connectivity index is 3.11. The smallest absolute Gasteiger partial charge is 0.269 e. The Morgan fingerprint density at radius 3 is 2.58 bits per heavy atom. The van der Waals surface area contributed by atoms with Gasteiger partial charge < -0.3 is 4.74 Å². The molecule has 12 heavy (non-hydrogen) atoms. The second kappa shape index (κ2) is 3.47. The summed E-state index contributed by atoms with van der Waals surface area (Å²) >= 11 is 0. The highest BCUT2D eigenvalue weighted by molar-refractivity contribution is 5.28. The van der Waals surface area contributed by atoms with E-state index in [0.29, 0.717) is 5.69 Å². The van der Waals surface area contributed by atoms with Crippen molar-refractivity contribution in [1.82, 2.24) is 4.98 Å². The van der Waals surface area contributed by atoms with E-state index in [1.165, 1.54) is 19.2 Å². The van der Waals surface area contributed by atoms with Crippen molar-refractivity contribution in [2.24, 2.45) is 0 Å². The molecule has 0 spiro atoms. The maximum absolute atomic E-state index is 12.2. The van der Waals surface area contributed by atoms with Gasteiger partial charge >= 0.3 is 0 Å². The lowest BCUT2D eigenvalue weighted by atomic mass is 10.2. The lowest BCUT2D eigenvalue weighted by Crippen LogP contribution is -1.96. The van der Waals surface area contributed by atoms with Gasteiger partial charge in [-0.25, -0.2) is 13.8 Å². The molecule has 4 heteroatoms. The van der Waals surface area contributed by atoms with E-state index in [1.807, 2.05) is 0 Å². The fourth-order valence-electron chi connectivity index (χ4n) is 0.873. The van der Waals surface area contributed by atoms with Gasteiger partial charge in [0, 0.05) is 5.69 Å². The monoisotopic (exact) mass is 173 g/mol. The number of rotatable bonds is 2. The van der Waals surface area contributed by atoms with Crippen LogP contribution in [0.1, 0.15) is 17.7 Å². The molecule has 0 aliphatic carbocycles. The summed E-state index contributed by atoms with van der Waals surface area (Å²) < 4.78 is 29.1. The summed E-state index contributed by atoms with van der Waals surface area (Å²) in [6.07, 6.45) is -2.53. The number of halogens is 2. The van der Waals surface area contributed by atoms with Crippen LogP contribution in [0, 0.1) is 6.92 Å². The normalized spacial score (nSPS) is 10.4. The number of aromatic nitrogens is 1. The molecule has 2 nitrogen and oxygen atoms in total. The molecule has 0 saturated carbocycles. The van der Waals surface area contributed by atoms with E-state index in [-0.39, 0.29) is 11.4 Å². The zero-order chi connectivity index (χ0) is 9.14. The van der Waals surface area contributed by atoms with E-state index in [0.717, 1.165) is 0 Å². The number of hydrogen-bond donors (Lipinski definition) is 0. The molecule has 1 aromatic heterocycles. The predicted molar refractivity (Wildman–Crippen MR) is 40.5 cm³/mol. The van der Waals surface area contributed by atoms with Gasteiger partial charge in [-0.1, -0.05) is 0 Å². The van der Waals surface area contributed by atoms with Crippen LogP contribution in [0.5, 0.6) is 5.88 Å². The van der Waals surface area contributed by atoms with Crippen LogP contribution < -0.4 is 4.74 Å². The number of pyridine rings is 1. The van der Waals surface area contributed by atoms with Crippen molar-refractivity contribution >= 4 is 0 Å². The van der Waals surface area contributed by atoms with Gasteiger partial charge in [-0.2, -0.15) is 0 Å². The minimum Gasteiger partial charge on any atom is -0.481 e. The Morgan fingerprint density at radius 1 is 1.42 bits per heavy atom. The van der Waals surface area contributed by atoms with Gasteiger partial charge in [0.05, 0.1) is 12.7 Å². The van der Waals surface area contributed by atoms with Crippen LogP contribution in [0.15, 0.2) is 12.1 Å². The zero-order valence-corrected chi connectivity index (χ0v) is 6.84.